The van der Waals surface area contributed by atoms with Gasteiger partial charge in [-0.05, 0) is 90.6 Å². The molecule has 2 aromatic carbocycles. The van der Waals surface area contributed by atoms with Crippen molar-refractivity contribution in [3.05, 3.63) is 88.7 Å². The highest BCUT2D eigenvalue weighted by molar-refractivity contribution is 7.87. The molecule has 4 fully saturated rings. The molecule has 3 aromatic rings. The number of hydrogen-bond donors (Lipinski definition) is 1. The van der Waals surface area contributed by atoms with E-state index in [2.05, 4.69) is 54.7 Å². The first-order valence-corrected chi connectivity index (χ1v) is 21.0. The van der Waals surface area contributed by atoms with E-state index in [1.807, 2.05) is 18.3 Å². The predicted molar refractivity (Wildman–Crippen MR) is 202 cm³/mol. The summed E-state index contributed by atoms with van der Waals surface area (Å²) in [6, 6.07) is 16.3. The standard InChI is InChI=1S/C41H50N6O5S/c1-52-31-12-14-32-34(23-31)35-24-41(35,40(49)45-17-6-16-44(20-21-45)26-28-8-5-15-42-25-28)27-47-36-22-30(39(48)43-53(50,51)46-18-7-19-46)11-13-33(36)37(38(32)47)29-9-3-2-4-10-29/h5,8,11-15,22-23,25,29,35,37-38H,2-4,6-7,9-10,16-21,24,26-27H2,1H3,(H,43,48). The number of pyridine rings is 1. The Morgan fingerprint density at radius 2 is 1.72 bits per heavy atom. The Morgan fingerprint density at radius 1 is 0.906 bits per heavy atom. The molecule has 0 bridgehead atoms. The smallest absolute Gasteiger partial charge is 0.304 e. The Kier molecular flexibility index (Phi) is 8.98. The van der Waals surface area contributed by atoms with Gasteiger partial charge in [0.25, 0.3) is 5.91 Å². The summed E-state index contributed by atoms with van der Waals surface area (Å²) in [7, 11) is -2.19. The lowest BCUT2D eigenvalue weighted by atomic mass is 9.72. The van der Waals surface area contributed by atoms with Crippen molar-refractivity contribution in [2.24, 2.45) is 11.3 Å². The van der Waals surface area contributed by atoms with Crippen molar-refractivity contribution in [2.75, 3.05) is 57.8 Å². The summed E-state index contributed by atoms with van der Waals surface area (Å²) in [5.41, 5.74) is 5.52. The van der Waals surface area contributed by atoms with Gasteiger partial charge in [0.2, 0.25) is 5.91 Å². The van der Waals surface area contributed by atoms with Crippen molar-refractivity contribution < 1.29 is 22.7 Å². The second-order valence-corrected chi connectivity index (χ2v) is 17.8. The molecule has 11 nitrogen and oxygen atoms in total. The van der Waals surface area contributed by atoms with Crippen LogP contribution in [0.15, 0.2) is 60.9 Å². The van der Waals surface area contributed by atoms with Crippen LogP contribution < -0.4 is 14.4 Å². The summed E-state index contributed by atoms with van der Waals surface area (Å²) in [5.74, 6) is 1.15. The Labute approximate surface area is 312 Å². The molecule has 0 spiro atoms. The maximum Gasteiger partial charge on any atom is 0.304 e. The van der Waals surface area contributed by atoms with Crippen molar-refractivity contribution in [1.29, 1.82) is 0 Å². The summed E-state index contributed by atoms with van der Waals surface area (Å²) in [6.07, 6.45) is 12.1. The predicted octanol–water partition coefficient (Wildman–Crippen LogP) is 5.22. The summed E-state index contributed by atoms with van der Waals surface area (Å²) >= 11 is 0. The van der Waals surface area contributed by atoms with E-state index in [0.717, 1.165) is 69.7 Å². The summed E-state index contributed by atoms with van der Waals surface area (Å²) in [6.45, 7) is 5.37. The summed E-state index contributed by atoms with van der Waals surface area (Å²) in [4.78, 5) is 39.9. The quantitative estimate of drug-likeness (QED) is 0.335. The molecule has 4 atom stereocenters. The zero-order chi connectivity index (χ0) is 36.3. The second kappa shape index (κ2) is 13.7. The number of methoxy groups -OCH3 is 1. The van der Waals surface area contributed by atoms with E-state index >= 15 is 4.79 Å². The number of hydrogen-bond acceptors (Lipinski definition) is 8. The Hall–Kier alpha value is -4.00. The number of ether oxygens (including phenoxy) is 1. The molecular weight excluding hydrogens is 689 g/mol. The fourth-order valence-electron chi connectivity index (χ4n) is 10.2. The first-order valence-electron chi connectivity index (χ1n) is 19.6. The molecule has 4 aliphatic heterocycles. The van der Waals surface area contributed by atoms with Crippen molar-refractivity contribution in [3.8, 4) is 5.75 Å². The van der Waals surface area contributed by atoms with Crippen LogP contribution in [0.25, 0.3) is 0 Å². The lowest BCUT2D eigenvalue weighted by molar-refractivity contribution is -0.136. The summed E-state index contributed by atoms with van der Waals surface area (Å²) < 4.78 is 35.3. The first-order chi connectivity index (χ1) is 25.8. The minimum atomic E-state index is -3.90. The van der Waals surface area contributed by atoms with Crippen LogP contribution in [0.1, 0.15) is 102 Å². The van der Waals surface area contributed by atoms with Gasteiger partial charge in [-0.25, -0.2) is 4.72 Å². The van der Waals surface area contributed by atoms with E-state index in [1.165, 1.54) is 45.8 Å². The molecule has 280 valence electrons. The fourth-order valence-corrected chi connectivity index (χ4v) is 11.4. The molecule has 2 aliphatic carbocycles. The van der Waals surface area contributed by atoms with Gasteiger partial charge in [-0.15, -0.1) is 0 Å². The minimum Gasteiger partial charge on any atom is -0.497 e. The van der Waals surface area contributed by atoms with Crippen LogP contribution >= 0.6 is 0 Å². The van der Waals surface area contributed by atoms with Crippen molar-refractivity contribution in [2.45, 2.75) is 75.8 Å². The van der Waals surface area contributed by atoms with E-state index in [0.29, 0.717) is 37.7 Å². The monoisotopic (exact) mass is 738 g/mol. The Balaban J connectivity index is 1.07. The number of carbonyl (C=O) groups is 2. The number of amides is 2. The highest BCUT2D eigenvalue weighted by atomic mass is 32.2. The van der Waals surface area contributed by atoms with Gasteiger partial charge in [0.1, 0.15) is 5.75 Å². The SMILES string of the molecule is COc1ccc2c(c1)C1CC1(C(=O)N1CCCN(Cc3cccnc3)CC1)CN1c3cc(C(=O)NS(=O)(=O)N4CCC4)ccc3C(C3CCCCC3)C21. The topological polar surface area (TPSA) is 115 Å². The molecule has 2 saturated heterocycles. The van der Waals surface area contributed by atoms with Crippen LogP contribution in [0.5, 0.6) is 5.75 Å². The fraction of sp³-hybridized carbons (Fsp3) is 0.537. The normalized spacial score (nSPS) is 27.3. The molecule has 5 heterocycles. The highest BCUT2D eigenvalue weighted by Crippen LogP contribution is 2.68. The number of nitrogens with zero attached hydrogens (tertiary/aromatic N) is 5. The second-order valence-electron chi connectivity index (χ2n) is 16.1. The molecule has 4 unspecified atom stereocenters. The zero-order valence-corrected chi connectivity index (χ0v) is 31.4. The molecule has 6 aliphatic rings. The van der Waals surface area contributed by atoms with Crippen LogP contribution in [0.3, 0.4) is 0 Å². The van der Waals surface area contributed by atoms with Crippen LogP contribution in [-0.4, -0.2) is 92.2 Å². The van der Waals surface area contributed by atoms with Gasteiger partial charge in [0.15, 0.2) is 0 Å². The van der Waals surface area contributed by atoms with E-state index < -0.39 is 21.5 Å². The van der Waals surface area contributed by atoms with E-state index in [9.17, 15) is 13.2 Å². The van der Waals surface area contributed by atoms with Gasteiger partial charge >= 0.3 is 10.2 Å². The van der Waals surface area contributed by atoms with Gasteiger partial charge in [-0.1, -0.05) is 37.5 Å². The first kappa shape index (κ1) is 34.7. The molecule has 2 saturated carbocycles. The molecular formula is C41H50N6O5S. The summed E-state index contributed by atoms with van der Waals surface area (Å²) in [5, 5.41) is 0. The Bertz CT molecular complexity index is 2000. The highest BCUT2D eigenvalue weighted by Gasteiger charge is 2.66. The molecule has 0 radical (unpaired) electrons. The maximum absolute atomic E-state index is 15.1. The molecule has 2 amide bonds. The number of benzene rings is 2. The molecule has 9 rings (SSSR count). The number of carbonyl (C=O) groups excluding carboxylic acids is 2. The average Bonchev–Trinajstić information content (AvgIpc) is 3.87. The van der Waals surface area contributed by atoms with Crippen LogP contribution in [0.2, 0.25) is 0 Å². The van der Waals surface area contributed by atoms with E-state index in [-0.39, 0.29) is 23.8 Å². The number of anilines is 1. The zero-order valence-electron chi connectivity index (χ0n) is 30.6. The third-order valence-corrected chi connectivity index (χ3v) is 14.6. The van der Waals surface area contributed by atoms with Crippen molar-refractivity contribution >= 4 is 27.7 Å². The number of fused-ring (bicyclic) bond motifs is 7. The average molecular weight is 739 g/mol. The number of rotatable bonds is 8. The number of aromatic nitrogens is 1. The lowest BCUT2D eigenvalue weighted by Gasteiger charge is -2.37. The third-order valence-electron chi connectivity index (χ3n) is 13.1. The van der Waals surface area contributed by atoms with E-state index in [1.54, 1.807) is 19.4 Å². The lowest BCUT2D eigenvalue weighted by Crippen LogP contribution is -2.49. The molecule has 12 heteroatoms. The van der Waals surface area contributed by atoms with Gasteiger partial charge in [-0.2, -0.15) is 12.7 Å². The minimum absolute atomic E-state index is 0.00807. The molecule has 53 heavy (non-hydrogen) atoms. The Morgan fingerprint density at radius 3 is 2.47 bits per heavy atom. The van der Waals surface area contributed by atoms with Gasteiger partial charge < -0.3 is 14.5 Å². The van der Waals surface area contributed by atoms with Gasteiger partial charge in [0, 0.05) is 87.8 Å². The van der Waals surface area contributed by atoms with Crippen molar-refractivity contribution in [1.82, 2.24) is 23.8 Å². The molecule has 1 aromatic heterocycles. The van der Waals surface area contributed by atoms with Gasteiger partial charge in [-0.3, -0.25) is 19.5 Å². The number of nitrogens with one attached hydrogen (secondary N) is 1. The van der Waals surface area contributed by atoms with Crippen molar-refractivity contribution in [3.63, 3.8) is 0 Å². The third kappa shape index (κ3) is 6.20. The van der Waals surface area contributed by atoms with Crippen LogP contribution in [0.4, 0.5) is 5.69 Å². The molecule has 1 N–H and O–H groups in total. The van der Waals surface area contributed by atoms with E-state index in [4.69, 9.17) is 4.74 Å². The van der Waals surface area contributed by atoms with Crippen LogP contribution in [-0.2, 0) is 21.5 Å². The largest absolute Gasteiger partial charge is 0.497 e. The van der Waals surface area contributed by atoms with Gasteiger partial charge in [0.05, 0.1) is 18.6 Å². The maximum atomic E-state index is 15.1. The van der Waals surface area contributed by atoms with Crippen LogP contribution in [0, 0.1) is 11.3 Å².